The maximum Gasteiger partial charge on any atom is 0.574 e. The van der Waals surface area contributed by atoms with Gasteiger partial charge in [0.1, 0.15) is 5.56 Å². The third-order valence-corrected chi connectivity index (χ3v) is 2.27. The zero-order valence-electron chi connectivity index (χ0n) is 11.0. The van der Waals surface area contributed by atoms with Gasteiger partial charge in [0, 0.05) is 6.54 Å². The van der Waals surface area contributed by atoms with Crippen LogP contribution in [0, 0.1) is 0 Å². The van der Waals surface area contributed by atoms with Crippen LogP contribution in [0.5, 0.6) is 5.88 Å². The minimum absolute atomic E-state index is 0.148. The molecular weight excluding hydrogens is 322 g/mol. The fourth-order valence-corrected chi connectivity index (χ4v) is 1.46. The number of pyridine rings is 1. The molecular formula is C11H10F6N2O3. The van der Waals surface area contributed by atoms with Gasteiger partial charge in [-0.15, -0.1) is 13.2 Å². The van der Waals surface area contributed by atoms with Gasteiger partial charge in [0.25, 0.3) is 0 Å². The summed E-state index contributed by atoms with van der Waals surface area (Å²) in [6.45, 7) is 0.671. The summed E-state index contributed by atoms with van der Waals surface area (Å²) in [7, 11) is 0. The highest BCUT2D eigenvalue weighted by atomic mass is 19.4. The lowest BCUT2D eigenvalue weighted by Gasteiger charge is -2.17. The molecule has 0 radical (unpaired) electrons. The summed E-state index contributed by atoms with van der Waals surface area (Å²) in [6, 6.07) is 0.175. The predicted octanol–water partition coefficient (Wildman–Crippen LogP) is 2.63. The highest BCUT2D eigenvalue weighted by molar-refractivity contribution is 5.91. The molecule has 0 atom stereocenters. The van der Waals surface area contributed by atoms with Crippen molar-refractivity contribution in [1.82, 2.24) is 4.98 Å². The van der Waals surface area contributed by atoms with Gasteiger partial charge in [0.2, 0.25) is 5.88 Å². The van der Waals surface area contributed by atoms with Crippen LogP contribution in [0.4, 0.5) is 26.3 Å². The van der Waals surface area contributed by atoms with Gasteiger partial charge in [-0.2, -0.15) is 13.2 Å². The zero-order chi connectivity index (χ0) is 17.1. The van der Waals surface area contributed by atoms with E-state index in [4.69, 9.17) is 5.73 Å². The van der Waals surface area contributed by atoms with E-state index in [-0.39, 0.29) is 12.7 Å². The number of esters is 1. The molecule has 0 aliphatic carbocycles. The Morgan fingerprint density at radius 2 is 1.86 bits per heavy atom. The Morgan fingerprint density at radius 3 is 2.27 bits per heavy atom. The van der Waals surface area contributed by atoms with Crippen molar-refractivity contribution in [1.29, 1.82) is 0 Å². The van der Waals surface area contributed by atoms with E-state index in [9.17, 15) is 31.1 Å². The van der Waals surface area contributed by atoms with Crippen molar-refractivity contribution in [3.8, 4) is 5.88 Å². The second kappa shape index (κ2) is 6.38. The summed E-state index contributed by atoms with van der Waals surface area (Å²) in [5, 5.41) is 0. The minimum Gasteiger partial charge on any atom is -0.462 e. The molecule has 0 bridgehead atoms. The number of halogens is 6. The monoisotopic (exact) mass is 332 g/mol. The fraction of sp³-hybridized carbons (Fsp3) is 0.455. The second-order valence-corrected chi connectivity index (χ2v) is 3.81. The molecule has 0 saturated carbocycles. The predicted molar refractivity (Wildman–Crippen MR) is 59.8 cm³/mol. The molecule has 0 spiro atoms. The highest BCUT2D eigenvalue weighted by Crippen LogP contribution is 2.38. The van der Waals surface area contributed by atoms with E-state index in [1.54, 1.807) is 0 Å². The lowest BCUT2D eigenvalue weighted by Crippen LogP contribution is -2.23. The summed E-state index contributed by atoms with van der Waals surface area (Å²) in [4.78, 5) is 14.6. The lowest BCUT2D eigenvalue weighted by molar-refractivity contribution is -0.277. The molecule has 0 aliphatic heterocycles. The van der Waals surface area contributed by atoms with Crippen LogP contribution in [0.3, 0.4) is 0 Å². The first-order valence-electron chi connectivity index (χ1n) is 5.73. The van der Waals surface area contributed by atoms with Crippen molar-refractivity contribution in [2.75, 3.05) is 6.61 Å². The Bertz CT molecular complexity index is 556. The molecule has 2 N–H and O–H groups in total. The number of nitrogens with two attached hydrogens (primary N) is 1. The molecule has 0 aliphatic rings. The topological polar surface area (TPSA) is 74.4 Å². The van der Waals surface area contributed by atoms with E-state index in [1.165, 1.54) is 6.92 Å². The van der Waals surface area contributed by atoms with Crippen LogP contribution in [-0.2, 0) is 17.5 Å². The van der Waals surface area contributed by atoms with Crippen molar-refractivity contribution in [2.45, 2.75) is 26.0 Å². The number of carbonyl (C=O) groups excluding carboxylic acids is 1. The van der Waals surface area contributed by atoms with Gasteiger partial charge in [-0.1, -0.05) is 0 Å². The number of nitrogens with zero attached hydrogens (tertiary/aromatic N) is 1. The number of rotatable bonds is 4. The Balaban J connectivity index is 3.49. The van der Waals surface area contributed by atoms with Crippen LogP contribution in [0.15, 0.2) is 6.07 Å². The summed E-state index contributed by atoms with van der Waals surface area (Å²) in [5.74, 6) is -2.91. The van der Waals surface area contributed by atoms with Gasteiger partial charge in [-0.3, -0.25) is 0 Å². The number of alkyl halides is 6. The van der Waals surface area contributed by atoms with Crippen molar-refractivity contribution < 1.29 is 40.6 Å². The molecule has 22 heavy (non-hydrogen) atoms. The molecule has 0 amide bonds. The van der Waals surface area contributed by atoms with Crippen molar-refractivity contribution in [3.63, 3.8) is 0 Å². The molecule has 124 valence electrons. The molecule has 11 heteroatoms. The number of ether oxygens (including phenoxy) is 2. The molecule has 5 nitrogen and oxygen atoms in total. The van der Waals surface area contributed by atoms with Crippen LogP contribution in [-0.4, -0.2) is 23.9 Å². The van der Waals surface area contributed by atoms with Gasteiger partial charge in [0.15, 0.2) is 0 Å². The summed E-state index contributed by atoms with van der Waals surface area (Å²) < 4.78 is 82.7. The van der Waals surface area contributed by atoms with Gasteiger partial charge in [-0.25, -0.2) is 9.78 Å². The Kier molecular flexibility index (Phi) is 5.22. The van der Waals surface area contributed by atoms with E-state index in [2.05, 4.69) is 14.5 Å². The third kappa shape index (κ3) is 4.48. The van der Waals surface area contributed by atoms with E-state index in [0.29, 0.717) is 0 Å². The SMILES string of the molecule is CCOC(=O)c1cc(C(F)(F)F)c(OC(F)(F)F)nc1CN. The zero-order valence-corrected chi connectivity index (χ0v) is 11.0. The Morgan fingerprint density at radius 1 is 1.27 bits per heavy atom. The van der Waals surface area contributed by atoms with Crippen molar-refractivity contribution in [3.05, 3.63) is 22.9 Å². The van der Waals surface area contributed by atoms with Gasteiger partial charge >= 0.3 is 18.5 Å². The normalized spacial score (nSPS) is 12.2. The maximum absolute atomic E-state index is 12.8. The van der Waals surface area contributed by atoms with E-state index >= 15 is 0 Å². The van der Waals surface area contributed by atoms with Gasteiger partial charge in [-0.05, 0) is 13.0 Å². The molecule has 0 fully saturated rings. The van der Waals surface area contributed by atoms with Crippen LogP contribution in [0.1, 0.15) is 28.5 Å². The molecule has 1 heterocycles. The van der Waals surface area contributed by atoms with E-state index in [1.807, 2.05) is 0 Å². The third-order valence-electron chi connectivity index (χ3n) is 2.27. The maximum atomic E-state index is 12.8. The van der Waals surface area contributed by atoms with Crippen LogP contribution in [0.2, 0.25) is 0 Å². The largest absolute Gasteiger partial charge is 0.574 e. The van der Waals surface area contributed by atoms with Crippen molar-refractivity contribution >= 4 is 5.97 Å². The second-order valence-electron chi connectivity index (χ2n) is 3.81. The average molecular weight is 332 g/mol. The minimum atomic E-state index is -5.38. The molecule has 1 aromatic heterocycles. The Hall–Kier alpha value is -2.04. The number of carbonyl (C=O) groups is 1. The first kappa shape index (κ1) is 18.0. The number of aromatic nitrogens is 1. The van der Waals surface area contributed by atoms with Crippen LogP contribution < -0.4 is 10.5 Å². The van der Waals surface area contributed by atoms with E-state index < -0.39 is 47.8 Å². The van der Waals surface area contributed by atoms with Gasteiger partial charge < -0.3 is 15.2 Å². The smallest absolute Gasteiger partial charge is 0.462 e. The number of hydrogen-bond acceptors (Lipinski definition) is 5. The highest BCUT2D eigenvalue weighted by Gasteiger charge is 2.41. The first-order chi connectivity index (χ1) is 9.99. The van der Waals surface area contributed by atoms with Crippen molar-refractivity contribution in [2.24, 2.45) is 5.73 Å². The summed E-state index contributed by atoms with van der Waals surface area (Å²) in [5.41, 5.74) is 2.15. The molecule has 1 aromatic rings. The molecule has 0 saturated heterocycles. The fourth-order valence-electron chi connectivity index (χ4n) is 1.46. The number of hydrogen-bond donors (Lipinski definition) is 1. The van der Waals surface area contributed by atoms with Crippen LogP contribution >= 0.6 is 0 Å². The van der Waals surface area contributed by atoms with Crippen LogP contribution in [0.25, 0.3) is 0 Å². The van der Waals surface area contributed by atoms with E-state index in [0.717, 1.165) is 0 Å². The summed E-state index contributed by atoms with van der Waals surface area (Å²) >= 11 is 0. The molecule has 1 rings (SSSR count). The molecule has 0 aromatic carbocycles. The lowest BCUT2D eigenvalue weighted by atomic mass is 10.1. The molecule has 0 unspecified atom stereocenters. The quantitative estimate of drug-likeness (QED) is 0.678. The van der Waals surface area contributed by atoms with Gasteiger partial charge in [0.05, 0.1) is 17.9 Å². The average Bonchev–Trinajstić information content (AvgIpc) is 2.35. The Labute approximate surface area is 120 Å². The first-order valence-corrected chi connectivity index (χ1v) is 5.73. The standard InChI is InChI=1S/C11H10F6N2O3/c1-2-21-9(20)5-3-6(10(12,13)14)8(19-7(5)4-18)22-11(15,16)17/h3H,2,4,18H2,1H3. The summed E-state index contributed by atoms with van der Waals surface area (Å²) in [6.07, 6.45) is -10.6.